The summed E-state index contributed by atoms with van der Waals surface area (Å²) in [6.07, 6.45) is 6.17. The molecular formula is C22H28N8. The van der Waals surface area contributed by atoms with Crippen molar-refractivity contribution in [3.8, 4) is 17.2 Å². The van der Waals surface area contributed by atoms with Crippen LogP contribution in [0.4, 0.5) is 0 Å². The molecule has 0 unspecified atom stereocenters. The van der Waals surface area contributed by atoms with Crippen LogP contribution in [0.5, 0.6) is 0 Å². The Hall–Kier alpha value is -3.29. The van der Waals surface area contributed by atoms with Crippen LogP contribution >= 0.6 is 0 Å². The van der Waals surface area contributed by atoms with Crippen LogP contribution < -0.4 is 0 Å². The number of tetrazole rings is 1. The van der Waals surface area contributed by atoms with Gasteiger partial charge in [-0.25, -0.2) is 9.67 Å². The highest BCUT2D eigenvalue weighted by atomic mass is 15.5. The van der Waals surface area contributed by atoms with Crippen LogP contribution in [-0.2, 0) is 19.4 Å². The second-order valence-electron chi connectivity index (χ2n) is 7.97. The van der Waals surface area contributed by atoms with Gasteiger partial charge in [0, 0.05) is 24.7 Å². The molecule has 0 aliphatic heterocycles. The Balaban J connectivity index is 1.54. The fraction of sp³-hybridized carbons (Fsp3) is 0.409. The highest BCUT2D eigenvalue weighted by molar-refractivity contribution is 5.54. The molecule has 0 aliphatic rings. The van der Waals surface area contributed by atoms with Crippen molar-refractivity contribution in [3.63, 3.8) is 0 Å². The summed E-state index contributed by atoms with van der Waals surface area (Å²) in [6, 6.07) is 12.5. The molecule has 156 valence electrons. The van der Waals surface area contributed by atoms with Crippen molar-refractivity contribution in [2.24, 2.45) is 5.92 Å². The Kier molecular flexibility index (Phi) is 6.02. The first-order valence-electron chi connectivity index (χ1n) is 10.6. The molecule has 1 aromatic carbocycles. The van der Waals surface area contributed by atoms with Crippen molar-refractivity contribution < 1.29 is 0 Å². The largest absolute Gasteiger partial charge is 0.314 e. The van der Waals surface area contributed by atoms with E-state index in [4.69, 9.17) is 10.1 Å². The summed E-state index contributed by atoms with van der Waals surface area (Å²) in [6.45, 7) is 7.34. The molecule has 4 rings (SSSR count). The van der Waals surface area contributed by atoms with E-state index in [0.29, 0.717) is 11.7 Å². The quantitative estimate of drug-likeness (QED) is 0.458. The van der Waals surface area contributed by atoms with E-state index in [1.54, 1.807) is 0 Å². The van der Waals surface area contributed by atoms with Crippen LogP contribution in [-0.4, -0.2) is 40.0 Å². The minimum atomic E-state index is 0.550. The number of aromatic nitrogens is 8. The lowest BCUT2D eigenvalue weighted by atomic mass is 10.1. The molecule has 30 heavy (non-hydrogen) atoms. The fourth-order valence-electron chi connectivity index (χ4n) is 3.52. The average Bonchev–Trinajstić information content (AvgIpc) is 3.47. The van der Waals surface area contributed by atoms with E-state index in [2.05, 4.69) is 74.9 Å². The van der Waals surface area contributed by atoms with E-state index in [-0.39, 0.29) is 0 Å². The highest BCUT2D eigenvalue weighted by Crippen LogP contribution is 2.21. The molecule has 0 radical (unpaired) electrons. The second-order valence-corrected chi connectivity index (χ2v) is 7.97. The van der Waals surface area contributed by atoms with E-state index in [1.807, 2.05) is 18.3 Å². The van der Waals surface area contributed by atoms with E-state index in [1.165, 1.54) is 5.56 Å². The Morgan fingerprint density at radius 2 is 1.93 bits per heavy atom. The molecule has 3 aromatic heterocycles. The second kappa shape index (κ2) is 9.02. The van der Waals surface area contributed by atoms with Crippen molar-refractivity contribution in [3.05, 3.63) is 59.8 Å². The summed E-state index contributed by atoms with van der Waals surface area (Å²) >= 11 is 0. The Morgan fingerprint density at radius 1 is 1.10 bits per heavy atom. The number of aryl methyl sites for hydroxylation is 1. The topological polar surface area (TPSA) is 90.1 Å². The number of hydrogen-bond acceptors (Lipinski definition) is 5. The predicted molar refractivity (Wildman–Crippen MR) is 115 cm³/mol. The lowest BCUT2D eigenvalue weighted by molar-refractivity contribution is 0.592. The van der Waals surface area contributed by atoms with Gasteiger partial charge >= 0.3 is 0 Å². The third kappa shape index (κ3) is 4.48. The van der Waals surface area contributed by atoms with Gasteiger partial charge in [0.2, 0.25) is 5.82 Å². The number of benzene rings is 1. The number of unbranched alkanes of at least 4 members (excludes halogenated alkanes) is 1. The third-order valence-electron chi connectivity index (χ3n) is 5.01. The normalized spacial score (nSPS) is 11.5. The standard InChI is InChI=1S/C22H28N8/c1-4-5-8-21-23-20(14-16(2)3)26-30(21)15-17-9-11-18(12-10-17)29-13-6-7-19(29)22-24-27-28-25-22/h6-7,9-13,16H,4-5,8,14-15H2,1-3H3,(H,24,25,27,28). The van der Waals surface area contributed by atoms with Crippen molar-refractivity contribution in [2.75, 3.05) is 0 Å². The maximum atomic E-state index is 4.81. The summed E-state index contributed by atoms with van der Waals surface area (Å²) in [5.74, 6) is 3.16. The molecule has 0 saturated heterocycles. The first-order chi connectivity index (χ1) is 14.6. The Bertz CT molecular complexity index is 1060. The smallest absolute Gasteiger partial charge is 0.221 e. The van der Waals surface area contributed by atoms with Gasteiger partial charge in [-0.1, -0.05) is 39.3 Å². The third-order valence-corrected chi connectivity index (χ3v) is 5.01. The zero-order valence-corrected chi connectivity index (χ0v) is 17.8. The summed E-state index contributed by atoms with van der Waals surface area (Å²) in [4.78, 5) is 4.81. The van der Waals surface area contributed by atoms with Gasteiger partial charge in [-0.05, 0) is 47.4 Å². The molecular weight excluding hydrogens is 376 g/mol. The van der Waals surface area contributed by atoms with Crippen LogP contribution in [0.15, 0.2) is 42.6 Å². The van der Waals surface area contributed by atoms with Crippen LogP contribution in [0.3, 0.4) is 0 Å². The van der Waals surface area contributed by atoms with Crippen LogP contribution in [0.25, 0.3) is 17.2 Å². The predicted octanol–water partition coefficient (Wildman–Crippen LogP) is 3.84. The number of hydrogen-bond donors (Lipinski definition) is 1. The van der Waals surface area contributed by atoms with Gasteiger partial charge in [-0.2, -0.15) is 10.3 Å². The molecule has 3 heterocycles. The molecule has 1 N–H and O–H groups in total. The van der Waals surface area contributed by atoms with Gasteiger partial charge in [0.1, 0.15) is 5.82 Å². The van der Waals surface area contributed by atoms with Crippen molar-refractivity contribution >= 4 is 0 Å². The minimum Gasteiger partial charge on any atom is -0.314 e. The summed E-state index contributed by atoms with van der Waals surface area (Å²) in [5.41, 5.74) is 3.15. The number of rotatable bonds is 9. The fourth-order valence-corrected chi connectivity index (χ4v) is 3.52. The van der Waals surface area contributed by atoms with Gasteiger partial charge < -0.3 is 4.57 Å². The maximum absolute atomic E-state index is 4.81. The molecule has 0 fully saturated rings. The molecule has 0 bridgehead atoms. The number of H-pyrrole nitrogens is 1. The molecule has 0 spiro atoms. The number of nitrogens with one attached hydrogen (secondary N) is 1. The van der Waals surface area contributed by atoms with Gasteiger partial charge in [0.25, 0.3) is 0 Å². The lowest BCUT2D eigenvalue weighted by Crippen LogP contribution is -2.08. The molecule has 8 heteroatoms. The molecule has 4 aromatic rings. The van der Waals surface area contributed by atoms with Crippen LogP contribution in [0.1, 0.15) is 50.8 Å². The van der Waals surface area contributed by atoms with E-state index < -0.39 is 0 Å². The van der Waals surface area contributed by atoms with Gasteiger partial charge in [0.05, 0.1) is 12.2 Å². The highest BCUT2D eigenvalue weighted by Gasteiger charge is 2.13. The van der Waals surface area contributed by atoms with Crippen molar-refractivity contribution in [1.29, 1.82) is 0 Å². The van der Waals surface area contributed by atoms with E-state index in [9.17, 15) is 0 Å². The molecule has 0 amide bonds. The minimum absolute atomic E-state index is 0.550. The van der Waals surface area contributed by atoms with E-state index in [0.717, 1.165) is 55.3 Å². The maximum Gasteiger partial charge on any atom is 0.221 e. The Morgan fingerprint density at radius 3 is 2.63 bits per heavy atom. The summed E-state index contributed by atoms with van der Waals surface area (Å²) < 4.78 is 4.13. The Labute approximate surface area is 176 Å². The number of aromatic amines is 1. The van der Waals surface area contributed by atoms with E-state index >= 15 is 0 Å². The average molecular weight is 405 g/mol. The van der Waals surface area contributed by atoms with Crippen molar-refractivity contribution in [2.45, 2.75) is 53.0 Å². The first kappa shape index (κ1) is 20.0. The van der Waals surface area contributed by atoms with Gasteiger partial charge in [0.15, 0.2) is 5.82 Å². The molecule has 0 aliphatic carbocycles. The summed E-state index contributed by atoms with van der Waals surface area (Å²) in [5, 5.41) is 19.1. The SMILES string of the molecule is CCCCc1nc(CC(C)C)nn1Cc1ccc(-n2cccc2-c2nn[nH]n2)cc1. The molecule has 0 saturated carbocycles. The molecule has 0 atom stereocenters. The lowest BCUT2D eigenvalue weighted by Gasteiger charge is -2.09. The van der Waals surface area contributed by atoms with Crippen LogP contribution in [0, 0.1) is 5.92 Å². The van der Waals surface area contributed by atoms with Gasteiger partial charge in [-0.15, -0.1) is 10.2 Å². The van der Waals surface area contributed by atoms with Crippen molar-refractivity contribution in [1.82, 2.24) is 40.0 Å². The van der Waals surface area contributed by atoms with Gasteiger partial charge in [-0.3, -0.25) is 0 Å². The first-order valence-corrected chi connectivity index (χ1v) is 10.6. The molecule has 8 nitrogen and oxygen atoms in total. The summed E-state index contributed by atoms with van der Waals surface area (Å²) in [7, 11) is 0. The zero-order chi connectivity index (χ0) is 20.9. The number of nitrogens with zero attached hydrogens (tertiary/aromatic N) is 7. The zero-order valence-electron chi connectivity index (χ0n) is 17.8. The monoisotopic (exact) mass is 404 g/mol. The van der Waals surface area contributed by atoms with Crippen LogP contribution in [0.2, 0.25) is 0 Å².